The van der Waals surface area contributed by atoms with Gasteiger partial charge in [0.15, 0.2) is 0 Å². The Morgan fingerprint density at radius 1 is 1.50 bits per heavy atom. The van der Waals surface area contributed by atoms with Crippen molar-refractivity contribution in [3.63, 3.8) is 0 Å². The van der Waals surface area contributed by atoms with Gasteiger partial charge in [0.1, 0.15) is 0 Å². The average molecular weight is 145 g/mol. The summed E-state index contributed by atoms with van der Waals surface area (Å²) in [6, 6.07) is 0. The lowest BCUT2D eigenvalue weighted by atomic mass is 10.1. The van der Waals surface area contributed by atoms with E-state index < -0.39 is 0 Å². The van der Waals surface area contributed by atoms with Crippen molar-refractivity contribution in [1.82, 2.24) is 10.7 Å². The minimum atomic E-state index is -0.173. The Morgan fingerprint density at radius 3 is 2.30 bits per heavy atom. The summed E-state index contributed by atoms with van der Waals surface area (Å²) in [5, 5.41) is 2.74. The summed E-state index contributed by atoms with van der Waals surface area (Å²) >= 11 is 0. The Bertz CT molecular complexity index is 117. The van der Waals surface area contributed by atoms with Gasteiger partial charge in [-0.3, -0.25) is 16.1 Å². The Balaban J connectivity index is 3.58. The molecule has 0 aliphatic carbocycles. The van der Waals surface area contributed by atoms with Crippen LogP contribution in [0.15, 0.2) is 0 Å². The number of rotatable bonds is 2. The minimum Gasteiger partial charge on any atom is -0.350 e. The number of hydrogen-bond donors (Lipinski definition) is 3. The quantitative estimate of drug-likeness (QED) is 0.358. The van der Waals surface area contributed by atoms with Crippen molar-refractivity contribution in [1.29, 1.82) is 0 Å². The molecule has 4 N–H and O–H groups in total. The van der Waals surface area contributed by atoms with Gasteiger partial charge in [0.25, 0.3) is 0 Å². The predicted molar refractivity (Wildman–Crippen MR) is 40.1 cm³/mol. The maximum atomic E-state index is 10.8. The lowest BCUT2D eigenvalue weighted by molar-refractivity contribution is -0.121. The van der Waals surface area contributed by atoms with Crippen molar-refractivity contribution in [3.05, 3.63) is 0 Å². The van der Waals surface area contributed by atoms with Gasteiger partial charge >= 0.3 is 0 Å². The third-order valence-corrected chi connectivity index (χ3v) is 0.777. The van der Waals surface area contributed by atoms with Crippen LogP contribution in [0.3, 0.4) is 0 Å². The first-order valence-electron chi connectivity index (χ1n) is 3.20. The highest BCUT2D eigenvalue weighted by Crippen LogP contribution is 1.96. The largest absolute Gasteiger partial charge is 0.350 e. The van der Waals surface area contributed by atoms with Crippen LogP contribution in [0.1, 0.15) is 20.8 Å². The zero-order chi connectivity index (χ0) is 8.20. The van der Waals surface area contributed by atoms with Crippen LogP contribution in [0.2, 0.25) is 0 Å². The molecule has 0 unspecified atom stereocenters. The molecule has 10 heavy (non-hydrogen) atoms. The van der Waals surface area contributed by atoms with E-state index in [9.17, 15) is 4.79 Å². The van der Waals surface area contributed by atoms with Crippen LogP contribution in [-0.2, 0) is 4.79 Å². The summed E-state index contributed by atoms with van der Waals surface area (Å²) in [5.74, 6) is 4.85. The molecule has 0 spiro atoms. The Morgan fingerprint density at radius 2 is 2.00 bits per heavy atom. The van der Waals surface area contributed by atoms with Crippen LogP contribution in [0.5, 0.6) is 0 Å². The van der Waals surface area contributed by atoms with Crippen LogP contribution in [0.25, 0.3) is 0 Å². The first kappa shape index (κ1) is 9.39. The molecule has 0 aliphatic rings. The van der Waals surface area contributed by atoms with Crippen LogP contribution in [0, 0.1) is 0 Å². The fourth-order valence-corrected chi connectivity index (χ4v) is 0.555. The fraction of sp³-hybridized carbons (Fsp3) is 0.833. The van der Waals surface area contributed by atoms with E-state index in [1.807, 2.05) is 20.8 Å². The van der Waals surface area contributed by atoms with Crippen LogP contribution in [-0.4, -0.2) is 18.0 Å². The van der Waals surface area contributed by atoms with E-state index in [1.165, 1.54) is 0 Å². The number of nitrogens with two attached hydrogens (primary N) is 1. The first-order valence-corrected chi connectivity index (χ1v) is 3.20. The van der Waals surface area contributed by atoms with Gasteiger partial charge in [-0.05, 0) is 20.8 Å². The first-order chi connectivity index (χ1) is 4.45. The van der Waals surface area contributed by atoms with E-state index in [4.69, 9.17) is 5.84 Å². The highest BCUT2D eigenvalue weighted by Gasteiger charge is 2.11. The molecule has 0 bridgehead atoms. The molecule has 4 heteroatoms. The van der Waals surface area contributed by atoms with Crippen molar-refractivity contribution >= 4 is 5.91 Å². The normalized spacial score (nSPS) is 11.2. The molecule has 60 valence electrons. The minimum absolute atomic E-state index is 0.0880. The average Bonchev–Trinajstić information content (AvgIpc) is 1.59. The maximum absolute atomic E-state index is 10.8. The van der Waals surface area contributed by atoms with E-state index >= 15 is 0 Å². The second-order valence-electron chi connectivity index (χ2n) is 3.18. The highest BCUT2D eigenvalue weighted by molar-refractivity contribution is 5.78. The van der Waals surface area contributed by atoms with E-state index in [1.54, 1.807) is 0 Å². The summed E-state index contributed by atoms with van der Waals surface area (Å²) in [6.07, 6.45) is 0. The van der Waals surface area contributed by atoms with Crippen molar-refractivity contribution in [2.24, 2.45) is 5.84 Å². The molecule has 1 amide bonds. The number of carbonyl (C=O) groups excluding carboxylic acids is 1. The zero-order valence-corrected chi connectivity index (χ0v) is 6.69. The summed E-state index contributed by atoms with van der Waals surface area (Å²) in [7, 11) is 0. The molecular formula is C6H15N3O. The second-order valence-corrected chi connectivity index (χ2v) is 3.18. The fourth-order valence-electron chi connectivity index (χ4n) is 0.555. The van der Waals surface area contributed by atoms with E-state index in [0.29, 0.717) is 0 Å². The molecule has 0 aromatic heterocycles. The van der Waals surface area contributed by atoms with E-state index in [2.05, 4.69) is 10.7 Å². The standard InChI is InChI=1S/C6H15N3O/c1-6(2,3)9-5(10)4-8-7/h8H,4,7H2,1-3H3,(H,9,10). The third kappa shape index (κ3) is 5.53. The van der Waals surface area contributed by atoms with E-state index in [0.717, 1.165) is 0 Å². The van der Waals surface area contributed by atoms with Crippen LogP contribution < -0.4 is 16.6 Å². The van der Waals surface area contributed by atoms with Gasteiger partial charge in [-0.2, -0.15) is 0 Å². The van der Waals surface area contributed by atoms with E-state index in [-0.39, 0.29) is 18.0 Å². The maximum Gasteiger partial charge on any atom is 0.235 e. The molecule has 0 heterocycles. The van der Waals surface area contributed by atoms with Gasteiger partial charge in [-0.15, -0.1) is 0 Å². The summed E-state index contributed by atoms with van der Waals surface area (Å²) in [6.45, 7) is 5.92. The SMILES string of the molecule is CC(C)(C)NC(=O)CNN. The summed E-state index contributed by atoms with van der Waals surface area (Å²) < 4.78 is 0. The smallest absolute Gasteiger partial charge is 0.235 e. The van der Waals surface area contributed by atoms with Crippen molar-refractivity contribution in [2.45, 2.75) is 26.3 Å². The second kappa shape index (κ2) is 3.53. The highest BCUT2D eigenvalue weighted by atomic mass is 16.2. The lowest BCUT2D eigenvalue weighted by Gasteiger charge is -2.19. The topological polar surface area (TPSA) is 67.2 Å². The molecule has 0 saturated carbocycles. The Labute approximate surface area is 61.1 Å². The van der Waals surface area contributed by atoms with Crippen molar-refractivity contribution < 1.29 is 4.79 Å². The van der Waals surface area contributed by atoms with Gasteiger partial charge in [0, 0.05) is 5.54 Å². The van der Waals surface area contributed by atoms with Gasteiger partial charge in [-0.25, -0.2) is 0 Å². The number of hydrogen-bond acceptors (Lipinski definition) is 3. The monoisotopic (exact) mass is 145 g/mol. The van der Waals surface area contributed by atoms with Crippen molar-refractivity contribution in [3.8, 4) is 0 Å². The van der Waals surface area contributed by atoms with Gasteiger partial charge < -0.3 is 5.32 Å². The molecule has 0 aliphatic heterocycles. The number of carbonyl (C=O) groups is 1. The van der Waals surface area contributed by atoms with Crippen LogP contribution >= 0.6 is 0 Å². The number of nitrogens with one attached hydrogen (secondary N) is 2. The molecule has 0 fully saturated rings. The molecule has 0 rings (SSSR count). The molecular weight excluding hydrogens is 130 g/mol. The molecule has 0 aromatic rings. The number of amides is 1. The van der Waals surface area contributed by atoms with Gasteiger partial charge in [0.2, 0.25) is 5.91 Å². The molecule has 0 atom stereocenters. The number of hydrazine groups is 1. The van der Waals surface area contributed by atoms with Gasteiger partial charge in [-0.1, -0.05) is 0 Å². The third-order valence-electron chi connectivity index (χ3n) is 0.777. The predicted octanol–water partition coefficient (Wildman–Crippen LogP) is -0.636. The van der Waals surface area contributed by atoms with Crippen LogP contribution in [0.4, 0.5) is 0 Å². The zero-order valence-electron chi connectivity index (χ0n) is 6.69. The molecule has 0 aromatic carbocycles. The van der Waals surface area contributed by atoms with Gasteiger partial charge in [0.05, 0.1) is 6.54 Å². The lowest BCUT2D eigenvalue weighted by Crippen LogP contribution is -2.46. The molecule has 0 saturated heterocycles. The summed E-state index contributed by atoms with van der Waals surface area (Å²) in [4.78, 5) is 10.8. The van der Waals surface area contributed by atoms with Crippen molar-refractivity contribution in [2.75, 3.05) is 6.54 Å². The Hall–Kier alpha value is -0.610. The summed E-state index contributed by atoms with van der Waals surface area (Å²) in [5.41, 5.74) is 2.11. The molecule has 0 radical (unpaired) electrons. The Kier molecular flexibility index (Phi) is 3.32. The molecule has 4 nitrogen and oxygen atoms in total.